The smallest absolute Gasteiger partial charge is 0.202 e. The van der Waals surface area contributed by atoms with Gasteiger partial charge in [-0.15, -0.1) is 0 Å². The molecule has 2 aromatic carbocycles. The van der Waals surface area contributed by atoms with E-state index in [1.54, 1.807) is 43.3 Å². The molecule has 0 saturated heterocycles. The third kappa shape index (κ3) is 3.84. The minimum atomic E-state index is -0.670. The van der Waals surface area contributed by atoms with E-state index in [4.69, 9.17) is 21.6 Å². The maximum atomic E-state index is 12.3. The second-order valence-corrected chi connectivity index (χ2v) is 5.71. The highest BCUT2D eigenvalue weighted by Crippen LogP contribution is 2.26. The van der Waals surface area contributed by atoms with E-state index in [9.17, 15) is 4.79 Å². The number of halogens is 2. The van der Waals surface area contributed by atoms with E-state index in [1.807, 2.05) is 6.07 Å². The van der Waals surface area contributed by atoms with Gasteiger partial charge >= 0.3 is 0 Å². The number of nitriles is 1. The van der Waals surface area contributed by atoms with Gasteiger partial charge in [0.1, 0.15) is 5.75 Å². The van der Waals surface area contributed by atoms with Crippen LogP contribution >= 0.6 is 27.5 Å². The number of carbonyl (C=O) groups is 1. The predicted octanol–water partition coefficient (Wildman–Crippen LogP) is 4.62. The fraction of sp³-hybridized carbons (Fsp3) is 0.125. The Kier molecular flexibility index (Phi) is 5.00. The van der Waals surface area contributed by atoms with Crippen molar-refractivity contribution in [2.75, 3.05) is 0 Å². The Hall–Kier alpha value is -1.83. The molecule has 2 aromatic rings. The fourth-order valence-electron chi connectivity index (χ4n) is 1.76. The lowest BCUT2D eigenvalue weighted by molar-refractivity contribution is 0.0818. The summed E-state index contributed by atoms with van der Waals surface area (Å²) in [7, 11) is 0. The van der Waals surface area contributed by atoms with Crippen LogP contribution in [0.1, 0.15) is 22.8 Å². The van der Waals surface area contributed by atoms with Gasteiger partial charge in [-0.2, -0.15) is 5.26 Å². The SMILES string of the molecule is CC(Oc1ccc(C#N)cc1Cl)C(=O)c1ccc(Br)cc1. The van der Waals surface area contributed by atoms with E-state index in [1.165, 1.54) is 6.07 Å². The Labute approximate surface area is 136 Å². The monoisotopic (exact) mass is 363 g/mol. The summed E-state index contributed by atoms with van der Waals surface area (Å²) in [6.07, 6.45) is -0.670. The molecule has 0 fully saturated rings. The average molecular weight is 365 g/mol. The van der Waals surface area contributed by atoms with E-state index in [0.29, 0.717) is 21.9 Å². The maximum absolute atomic E-state index is 12.3. The van der Waals surface area contributed by atoms with Gasteiger partial charge in [0.05, 0.1) is 16.7 Å². The van der Waals surface area contributed by atoms with Crippen molar-refractivity contribution >= 4 is 33.3 Å². The molecule has 21 heavy (non-hydrogen) atoms. The molecule has 0 aliphatic heterocycles. The lowest BCUT2D eigenvalue weighted by Gasteiger charge is -2.15. The normalized spacial score (nSPS) is 11.5. The van der Waals surface area contributed by atoms with Gasteiger partial charge in [-0.1, -0.05) is 39.7 Å². The van der Waals surface area contributed by atoms with Crippen LogP contribution in [0.15, 0.2) is 46.9 Å². The van der Waals surface area contributed by atoms with Crippen molar-refractivity contribution < 1.29 is 9.53 Å². The molecule has 0 aliphatic carbocycles. The van der Waals surface area contributed by atoms with Crippen molar-refractivity contribution in [3.05, 3.63) is 63.1 Å². The minimum Gasteiger partial charge on any atom is -0.481 e. The van der Waals surface area contributed by atoms with Crippen molar-refractivity contribution in [1.29, 1.82) is 5.26 Å². The molecule has 106 valence electrons. The van der Waals surface area contributed by atoms with Crippen molar-refractivity contribution in [2.45, 2.75) is 13.0 Å². The summed E-state index contributed by atoms with van der Waals surface area (Å²) in [6.45, 7) is 1.67. The van der Waals surface area contributed by atoms with Gasteiger partial charge in [-0.05, 0) is 37.3 Å². The number of benzene rings is 2. The lowest BCUT2D eigenvalue weighted by Crippen LogP contribution is -2.24. The van der Waals surface area contributed by atoms with E-state index in [0.717, 1.165) is 4.47 Å². The molecule has 3 nitrogen and oxygen atoms in total. The van der Waals surface area contributed by atoms with Gasteiger partial charge in [0, 0.05) is 10.0 Å². The van der Waals surface area contributed by atoms with Crippen LogP contribution in [0.4, 0.5) is 0 Å². The number of ether oxygens (including phenoxy) is 1. The molecule has 0 bridgehead atoms. The van der Waals surface area contributed by atoms with Crippen LogP contribution in [0.5, 0.6) is 5.75 Å². The number of ketones is 1. The summed E-state index contributed by atoms with van der Waals surface area (Å²) in [6, 6.07) is 13.7. The highest BCUT2D eigenvalue weighted by atomic mass is 79.9. The molecule has 0 amide bonds. The molecule has 1 atom stereocenters. The van der Waals surface area contributed by atoms with Crippen molar-refractivity contribution in [2.24, 2.45) is 0 Å². The Morgan fingerprint density at radius 3 is 2.52 bits per heavy atom. The molecule has 2 rings (SSSR count). The summed E-state index contributed by atoms with van der Waals surface area (Å²) in [5.74, 6) is 0.247. The van der Waals surface area contributed by atoms with Gasteiger partial charge < -0.3 is 4.74 Å². The summed E-state index contributed by atoms with van der Waals surface area (Å²) in [5, 5.41) is 9.10. The Bertz CT molecular complexity index is 707. The first kappa shape index (κ1) is 15.6. The number of hydrogen-bond acceptors (Lipinski definition) is 3. The van der Waals surface area contributed by atoms with Crippen LogP contribution in [0.25, 0.3) is 0 Å². The summed E-state index contributed by atoms with van der Waals surface area (Å²) >= 11 is 9.35. The maximum Gasteiger partial charge on any atom is 0.202 e. The molecular weight excluding hydrogens is 354 g/mol. The molecule has 0 radical (unpaired) electrons. The molecule has 1 unspecified atom stereocenters. The van der Waals surface area contributed by atoms with E-state index in [2.05, 4.69) is 15.9 Å². The summed E-state index contributed by atoms with van der Waals surface area (Å²) in [4.78, 5) is 12.3. The predicted molar refractivity (Wildman–Crippen MR) is 84.7 cm³/mol. The van der Waals surface area contributed by atoms with Crippen LogP contribution in [-0.2, 0) is 0 Å². The zero-order valence-electron chi connectivity index (χ0n) is 11.1. The van der Waals surface area contributed by atoms with Crippen molar-refractivity contribution in [3.63, 3.8) is 0 Å². The highest BCUT2D eigenvalue weighted by molar-refractivity contribution is 9.10. The molecule has 0 N–H and O–H groups in total. The second kappa shape index (κ2) is 6.75. The first-order valence-electron chi connectivity index (χ1n) is 6.17. The zero-order valence-corrected chi connectivity index (χ0v) is 13.5. The summed E-state index contributed by atoms with van der Waals surface area (Å²) in [5.41, 5.74) is 1.01. The number of hydrogen-bond donors (Lipinski definition) is 0. The molecule has 0 heterocycles. The van der Waals surface area contributed by atoms with Gasteiger partial charge in [-0.3, -0.25) is 4.79 Å². The number of nitrogens with zero attached hydrogens (tertiary/aromatic N) is 1. The quantitative estimate of drug-likeness (QED) is 0.744. The van der Waals surface area contributed by atoms with E-state index in [-0.39, 0.29) is 5.78 Å². The highest BCUT2D eigenvalue weighted by Gasteiger charge is 2.18. The van der Waals surface area contributed by atoms with Crippen molar-refractivity contribution in [1.82, 2.24) is 0 Å². The van der Waals surface area contributed by atoms with Crippen LogP contribution in [0.3, 0.4) is 0 Å². The van der Waals surface area contributed by atoms with E-state index >= 15 is 0 Å². The van der Waals surface area contributed by atoms with Crippen LogP contribution < -0.4 is 4.74 Å². The van der Waals surface area contributed by atoms with Crippen molar-refractivity contribution in [3.8, 4) is 11.8 Å². The molecule has 5 heteroatoms. The summed E-state index contributed by atoms with van der Waals surface area (Å²) < 4.78 is 6.49. The third-order valence-electron chi connectivity index (χ3n) is 2.86. The van der Waals surface area contributed by atoms with Gasteiger partial charge in [0.15, 0.2) is 6.10 Å². The van der Waals surface area contributed by atoms with Crippen LogP contribution in [0.2, 0.25) is 5.02 Å². The Morgan fingerprint density at radius 1 is 1.29 bits per heavy atom. The van der Waals surface area contributed by atoms with Crippen LogP contribution in [0, 0.1) is 11.3 Å². The topological polar surface area (TPSA) is 50.1 Å². The minimum absolute atomic E-state index is 0.136. The molecule has 0 saturated carbocycles. The Balaban J connectivity index is 2.14. The third-order valence-corrected chi connectivity index (χ3v) is 3.69. The molecule has 0 spiro atoms. The number of carbonyl (C=O) groups excluding carboxylic acids is 1. The second-order valence-electron chi connectivity index (χ2n) is 4.39. The number of rotatable bonds is 4. The van der Waals surface area contributed by atoms with Gasteiger partial charge in [-0.25, -0.2) is 0 Å². The first-order chi connectivity index (χ1) is 10.0. The number of Topliss-reactive ketones (excluding diaryl/α,β-unsaturated/α-hetero) is 1. The van der Waals surface area contributed by atoms with E-state index < -0.39 is 6.10 Å². The van der Waals surface area contributed by atoms with Gasteiger partial charge in [0.25, 0.3) is 0 Å². The lowest BCUT2D eigenvalue weighted by atomic mass is 10.1. The zero-order chi connectivity index (χ0) is 15.4. The largest absolute Gasteiger partial charge is 0.481 e. The standard InChI is InChI=1S/C16H11BrClNO2/c1-10(16(20)12-3-5-13(17)6-4-12)21-15-7-2-11(9-19)8-14(15)18/h2-8,10H,1H3. The molecular formula is C16H11BrClNO2. The Morgan fingerprint density at radius 2 is 1.95 bits per heavy atom. The average Bonchev–Trinajstić information content (AvgIpc) is 2.49. The molecule has 0 aliphatic rings. The van der Waals surface area contributed by atoms with Crippen LogP contribution in [-0.4, -0.2) is 11.9 Å². The van der Waals surface area contributed by atoms with Gasteiger partial charge in [0.2, 0.25) is 5.78 Å². The fourth-order valence-corrected chi connectivity index (χ4v) is 2.25. The first-order valence-corrected chi connectivity index (χ1v) is 7.34. The molecule has 0 aromatic heterocycles.